The van der Waals surface area contributed by atoms with Gasteiger partial charge in [-0.3, -0.25) is 0 Å². The second kappa shape index (κ2) is 16.2. The van der Waals surface area contributed by atoms with E-state index >= 15 is 0 Å². The van der Waals surface area contributed by atoms with Gasteiger partial charge in [-0.1, -0.05) is 215 Å². The summed E-state index contributed by atoms with van der Waals surface area (Å²) in [6.07, 6.45) is 6.58. The van der Waals surface area contributed by atoms with Gasteiger partial charge >= 0.3 is 0 Å². The Kier molecular flexibility index (Phi) is 10.1. The highest BCUT2D eigenvalue weighted by molar-refractivity contribution is 7.19. The highest BCUT2D eigenvalue weighted by Gasteiger charge is 2.42. The van der Waals surface area contributed by atoms with Gasteiger partial charge in [-0.15, -0.1) is 0 Å². The third-order valence-electron chi connectivity index (χ3n) is 14.4. The van der Waals surface area contributed by atoms with Crippen molar-refractivity contribution in [3.63, 3.8) is 0 Å². The highest BCUT2D eigenvalue weighted by Crippen LogP contribution is 2.54. The molecule has 0 N–H and O–H groups in total. The molecule has 0 unspecified atom stereocenters. The highest BCUT2D eigenvalue weighted by atomic mass is 28.3. The first kappa shape index (κ1) is 39.1. The number of hydrogen-bond donors (Lipinski definition) is 0. The Balaban J connectivity index is 1.16. The summed E-state index contributed by atoms with van der Waals surface area (Å²) < 4.78 is 0. The van der Waals surface area contributed by atoms with E-state index < -0.39 is 8.07 Å². The molecule has 0 atom stereocenters. The minimum Gasteiger partial charge on any atom is -0.310 e. The maximum atomic E-state index is 2.56. The quantitative estimate of drug-likeness (QED) is 0.103. The zero-order valence-electron chi connectivity index (χ0n) is 36.3. The Morgan fingerprint density at radius 3 is 1.56 bits per heavy atom. The van der Waals surface area contributed by atoms with Crippen molar-refractivity contribution < 1.29 is 0 Å². The number of nitrogens with zero attached hydrogens (tertiary/aromatic N) is 1. The molecule has 0 amide bonds. The average molecular weight is 828 g/mol. The Bertz CT molecular complexity index is 2940. The molecule has 2 aliphatic carbocycles. The number of benzene rings is 9. The standard InChI is InChI=1S/C61H53NSi/c1-61(2)58-33-18-17-31-55(58)56-42-57(54-32-19-23-46-22-15-16-30-53(46)54)60(43-59(56)61)62(47-36-34-45(35-37-47)44-20-7-3-8-21-44)48-38-40-52(41-39-48)63(49-24-9-4-10-25-49,50-26-11-5-12-27-50)51-28-13-6-14-29-51/h4-6,9-19,22-44H,3,7-8,20-21H2,1-2H3. The smallest absolute Gasteiger partial charge is 0.179 e. The van der Waals surface area contributed by atoms with Crippen LogP contribution in [-0.4, -0.2) is 8.07 Å². The first-order valence-corrected chi connectivity index (χ1v) is 25.0. The summed E-state index contributed by atoms with van der Waals surface area (Å²) in [6, 6.07) is 82.9. The van der Waals surface area contributed by atoms with Gasteiger partial charge in [-0.25, -0.2) is 0 Å². The lowest BCUT2D eigenvalue weighted by molar-refractivity contribution is 0.443. The first-order chi connectivity index (χ1) is 31.0. The topological polar surface area (TPSA) is 3.24 Å². The molecule has 1 saturated carbocycles. The minimum absolute atomic E-state index is 0.162. The van der Waals surface area contributed by atoms with Gasteiger partial charge in [0.05, 0.1) is 5.69 Å². The molecule has 0 bridgehead atoms. The summed E-state index contributed by atoms with van der Waals surface area (Å²) in [5.41, 5.74) is 12.7. The van der Waals surface area contributed by atoms with E-state index in [2.05, 4.69) is 237 Å². The van der Waals surface area contributed by atoms with Crippen molar-refractivity contribution in [3.8, 4) is 22.3 Å². The first-order valence-electron chi connectivity index (χ1n) is 23.0. The molecule has 63 heavy (non-hydrogen) atoms. The number of hydrogen-bond acceptors (Lipinski definition) is 1. The summed E-state index contributed by atoms with van der Waals surface area (Å²) in [6.45, 7) is 4.80. The zero-order valence-corrected chi connectivity index (χ0v) is 37.3. The second-order valence-corrected chi connectivity index (χ2v) is 22.1. The molecule has 9 aromatic rings. The van der Waals surface area contributed by atoms with Gasteiger partial charge < -0.3 is 4.90 Å². The van der Waals surface area contributed by atoms with Crippen LogP contribution in [0.15, 0.2) is 218 Å². The Labute approximate surface area is 374 Å². The van der Waals surface area contributed by atoms with Gasteiger partial charge in [0.2, 0.25) is 0 Å². The molecule has 0 aliphatic heterocycles. The van der Waals surface area contributed by atoms with Crippen LogP contribution in [-0.2, 0) is 5.41 Å². The van der Waals surface area contributed by atoms with Gasteiger partial charge in [0.25, 0.3) is 0 Å². The van der Waals surface area contributed by atoms with E-state index in [-0.39, 0.29) is 5.41 Å². The molecule has 0 saturated heterocycles. The minimum atomic E-state index is -2.72. The Morgan fingerprint density at radius 1 is 0.413 bits per heavy atom. The van der Waals surface area contributed by atoms with Crippen LogP contribution in [0.5, 0.6) is 0 Å². The van der Waals surface area contributed by atoms with Crippen molar-refractivity contribution >= 4 is 56.7 Å². The molecule has 1 nitrogen and oxygen atoms in total. The predicted molar refractivity (Wildman–Crippen MR) is 271 cm³/mol. The fourth-order valence-electron chi connectivity index (χ4n) is 11.3. The number of rotatable bonds is 9. The Hall–Kier alpha value is -6.74. The van der Waals surface area contributed by atoms with Crippen molar-refractivity contribution in [1.29, 1.82) is 0 Å². The van der Waals surface area contributed by atoms with E-state index in [0.717, 1.165) is 5.69 Å². The second-order valence-electron chi connectivity index (χ2n) is 18.3. The zero-order chi connectivity index (χ0) is 42.4. The van der Waals surface area contributed by atoms with E-state index in [9.17, 15) is 0 Å². The van der Waals surface area contributed by atoms with Gasteiger partial charge in [-0.2, -0.15) is 0 Å². The Morgan fingerprint density at radius 2 is 0.921 bits per heavy atom. The lowest BCUT2D eigenvalue weighted by atomic mass is 9.81. The maximum absolute atomic E-state index is 2.72. The summed E-state index contributed by atoms with van der Waals surface area (Å²) in [5, 5.41) is 8.01. The monoisotopic (exact) mass is 827 g/mol. The van der Waals surface area contributed by atoms with Crippen LogP contribution in [0.4, 0.5) is 17.1 Å². The van der Waals surface area contributed by atoms with E-state index in [1.54, 1.807) is 0 Å². The summed E-state index contributed by atoms with van der Waals surface area (Å²) >= 11 is 0. The number of anilines is 3. The molecular formula is C61H53NSi. The van der Waals surface area contributed by atoms with Crippen LogP contribution in [0.1, 0.15) is 68.6 Å². The van der Waals surface area contributed by atoms with E-state index in [1.165, 1.54) is 114 Å². The van der Waals surface area contributed by atoms with Crippen molar-refractivity contribution in [2.24, 2.45) is 0 Å². The predicted octanol–water partition coefficient (Wildman–Crippen LogP) is 13.7. The molecule has 306 valence electrons. The molecule has 11 rings (SSSR count). The fraction of sp³-hybridized carbons (Fsp3) is 0.148. The molecule has 2 heteroatoms. The largest absolute Gasteiger partial charge is 0.310 e. The van der Waals surface area contributed by atoms with Crippen LogP contribution < -0.4 is 25.6 Å². The third kappa shape index (κ3) is 6.67. The van der Waals surface area contributed by atoms with Crippen molar-refractivity contribution in [2.75, 3.05) is 4.90 Å². The molecule has 1 fully saturated rings. The van der Waals surface area contributed by atoms with Crippen LogP contribution in [0.25, 0.3) is 33.0 Å². The van der Waals surface area contributed by atoms with Crippen LogP contribution in [0, 0.1) is 0 Å². The van der Waals surface area contributed by atoms with Gasteiger partial charge in [0.15, 0.2) is 8.07 Å². The van der Waals surface area contributed by atoms with Crippen LogP contribution in [0.3, 0.4) is 0 Å². The SMILES string of the molecule is CC1(C)c2ccccc2-c2cc(-c3cccc4ccccc34)c(N(c3ccc(C4CCCCC4)cc3)c3ccc([Si](c4ccccc4)(c4ccccc4)c4ccccc4)cc3)cc21. The third-order valence-corrected chi connectivity index (χ3v) is 19.2. The molecular weight excluding hydrogens is 775 g/mol. The molecule has 2 aliphatic rings. The lowest BCUT2D eigenvalue weighted by Gasteiger charge is -2.35. The molecule has 0 spiro atoms. The van der Waals surface area contributed by atoms with E-state index in [4.69, 9.17) is 0 Å². The van der Waals surface area contributed by atoms with Crippen molar-refractivity contribution in [3.05, 3.63) is 235 Å². The average Bonchev–Trinajstić information content (AvgIpc) is 3.58. The summed E-state index contributed by atoms with van der Waals surface area (Å²) in [4.78, 5) is 2.56. The molecule has 9 aromatic carbocycles. The normalized spacial score (nSPS) is 14.6. The summed E-state index contributed by atoms with van der Waals surface area (Å²) in [7, 11) is -2.72. The van der Waals surface area contributed by atoms with Crippen LogP contribution in [0.2, 0.25) is 0 Å². The molecule has 0 aromatic heterocycles. The van der Waals surface area contributed by atoms with Crippen LogP contribution >= 0.6 is 0 Å². The fourth-order valence-corrected chi connectivity index (χ4v) is 16.0. The van der Waals surface area contributed by atoms with E-state index in [1.807, 2.05) is 0 Å². The van der Waals surface area contributed by atoms with Gasteiger partial charge in [0.1, 0.15) is 0 Å². The molecule has 0 radical (unpaired) electrons. The van der Waals surface area contributed by atoms with E-state index in [0.29, 0.717) is 5.92 Å². The number of fused-ring (bicyclic) bond motifs is 4. The van der Waals surface area contributed by atoms with Crippen molar-refractivity contribution in [2.45, 2.75) is 57.3 Å². The summed E-state index contributed by atoms with van der Waals surface area (Å²) in [5.74, 6) is 0.637. The van der Waals surface area contributed by atoms with Gasteiger partial charge in [0, 0.05) is 22.4 Å². The van der Waals surface area contributed by atoms with Gasteiger partial charge in [-0.05, 0) is 120 Å². The molecule has 0 heterocycles. The van der Waals surface area contributed by atoms with Crippen molar-refractivity contribution in [1.82, 2.24) is 0 Å². The lowest BCUT2D eigenvalue weighted by Crippen LogP contribution is -2.74. The maximum Gasteiger partial charge on any atom is 0.179 e.